The van der Waals surface area contributed by atoms with Crippen LogP contribution in [-0.2, 0) is 4.84 Å². The van der Waals surface area contributed by atoms with Crippen LogP contribution in [0.1, 0.15) is 10.4 Å². The Morgan fingerprint density at radius 1 is 1.48 bits per heavy atom. The van der Waals surface area contributed by atoms with E-state index in [4.69, 9.17) is 21.5 Å². The number of nitrogens with one attached hydrogen (secondary N) is 2. The van der Waals surface area contributed by atoms with E-state index < -0.39 is 17.3 Å². The minimum atomic E-state index is -0.639. The van der Waals surface area contributed by atoms with E-state index in [0.29, 0.717) is 3.57 Å². The van der Waals surface area contributed by atoms with Gasteiger partial charge in [-0.05, 0) is 46.9 Å². The fraction of sp³-hybridized carbons (Fsp3) is 0.200. The van der Waals surface area contributed by atoms with E-state index in [-0.39, 0.29) is 35.3 Å². The first-order valence-corrected chi connectivity index (χ1v) is 8.46. The van der Waals surface area contributed by atoms with Crippen LogP contribution in [0.15, 0.2) is 29.1 Å². The third-order valence-corrected chi connectivity index (χ3v) is 4.03. The van der Waals surface area contributed by atoms with Crippen LogP contribution in [0.5, 0.6) is 0 Å². The van der Waals surface area contributed by atoms with Crippen molar-refractivity contribution < 1.29 is 19.1 Å². The Morgan fingerprint density at radius 2 is 2.20 bits per heavy atom. The maximum absolute atomic E-state index is 14.0. The Balaban J connectivity index is 2.41. The summed E-state index contributed by atoms with van der Waals surface area (Å²) in [5, 5.41) is 12.1. The molecule has 0 fully saturated rings. The predicted molar refractivity (Wildman–Crippen MR) is 99.6 cm³/mol. The summed E-state index contributed by atoms with van der Waals surface area (Å²) in [5.41, 5.74) is -0.583. The maximum atomic E-state index is 14.0. The molecule has 0 radical (unpaired) electrons. The smallest absolute Gasteiger partial charge is 0.280 e. The molecule has 3 N–H and O–H groups in total. The topological polar surface area (TPSA) is 94.7 Å². The van der Waals surface area contributed by atoms with Gasteiger partial charge in [0.25, 0.3) is 11.5 Å². The first-order valence-electron chi connectivity index (χ1n) is 7.00. The number of nitrogens with zero attached hydrogens (tertiary/aromatic N) is 1. The highest BCUT2D eigenvalue weighted by Gasteiger charge is 2.20. The predicted octanol–water partition coefficient (Wildman–Crippen LogP) is 2.51. The van der Waals surface area contributed by atoms with Gasteiger partial charge >= 0.3 is 0 Å². The summed E-state index contributed by atoms with van der Waals surface area (Å²) < 4.78 is 14.7. The zero-order valence-corrected chi connectivity index (χ0v) is 15.9. The van der Waals surface area contributed by atoms with E-state index in [9.17, 15) is 14.0 Å². The van der Waals surface area contributed by atoms with Crippen molar-refractivity contribution in [1.29, 1.82) is 0 Å². The summed E-state index contributed by atoms with van der Waals surface area (Å²) in [4.78, 5) is 31.7. The summed E-state index contributed by atoms with van der Waals surface area (Å²) in [6.07, 6.45) is 0. The lowest BCUT2D eigenvalue weighted by atomic mass is 10.2. The number of hydrogen-bond acceptors (Lipinski definition) is 5. The van der Waals surface area contributed by atoms with Gasteiger partial charge < -0.3 is 15.4 Å². The summed E-state index contributed by atoms with van der Waals surface area (Å²) in [6, 6.07) is 5.60. The molecule has 25 heavy (non-hydrogen) atoms. The molecule has 0 bridgehead atoms. The monoisotopic (exact) mass is 481 g/mol. The standard InChI is InChI=1S/C15H14ClFIN3O4/c1-21(25-5-4-22)15(24)9-7-10(16)14(23)20-13(9)19-12-3-2-8(18)6-11(12)17/h2-3,6-7,22H,4-5H2,1H3,(H2,19,20,23). The van der Waals surface area contributed by atoms with Crippen LogP contribution in [0.25, 0.3) is 0 Å². The molecule has 1 aromatic heterocycles. The minimum absolute atomic E-state index is 0.0250. The summed E-state index contributed by atoms with van der Waals surface area (Å²) in [5.74, 6) is -1.22. The summed E-state index contributed by atoms with van der Waals surface area (Å²) >= 11 is 7.76. The van der Waals surface area contributed by atoms with Crippen molar-refractivity contribution in [3.8, 4) is 0 Å². The number of aromatic amines is 1. The molecule has 7 nitrogen and oxygen atoms in total. The second-order valence-electron chi connectivity index (χ2n) is 4.84. The van der Waals surface area contributed by atoms with Crippen LogP contribution in [-0.4, -0.2) is 41.3 Å². The van der Waals surface area contributed by atoms with Gasteiger partial charge in [-0.25, -0.2) is 9.45 Å². The zero-order chi connectivity index (χ0) is 18.6. The van der Waals surface area contributed by atoms with Crippen LogP contribution in [0.2, 0.25) is 5.02 Å². The molecule has 10 heteroatoms. The van der Waals surface area contributed by atoms with Crippen molar-refractivity contribution in [2.45, 2.75) is 0 Å². The molecule has 0 aliphatic heterocycles. The lowest BCUT2D eigenvalue weighted by Gasteiger charge is -2.18. The third-order valence-electron chi connectivity index (χ3n) is 3.08. The van der Waals surface area contributed by atoms with Gasteiger partial charge in [0.2, 0.25) is 0 Å². The number of carbonyl (C=O) groups excluding carboxylic acids is 1. The third kappa shape index (κ3) is 4.91. The molecular formula is C15H14ClFIN3O4. The molecule has 134 valence electrons. The number of rotatable bonds is 6. The van der Waals surface area contributed by atoms with Gasteiger partial charge in [0.1, 0.15) is 16.7 Å². The quantitative estimate of drug-likeness (QED) is 0.435. The Kier molecular flexibility index (Phi) is 6.76. The second kappa shape index (κ2) is 8.61. The molecule has 2 rings (SSSR count). The SMILES string of the molecule is CN(OCCO)C(=O)c1cc(Cl)c(=O)[nH]c1Nc1ccc(I)cc1F. The van der Waals surface area contributed by atoms with Gasteiger partial charge in [0.15, 0.2) is 0 Å². The van der Waals surface area contributed by atoms with Gasteiger partial charge in [-0.1, -0.05) is 11.6 Å². The minimum Gasteiger partial charge on any atom is -0.394 e. The number of amides is 1. The zero-order valence-electron chi connectivity index (χ0n) is 13.0. The number of aliphatic hydroxyl groups is 1. The van der Waals surface area contributed by atoms with E-state index in [0.717, 1.165) is 11.1 Å². The van der Waals surface area contributed by atoms with Crippen molar-refractivity contribution in [2.75, 3.05) is 25.6 Å². The fourth-order valence-corrected chi connectivity index (χ4v) is 2.51. The summed E-state index contributed by atoms with van der Waals surface area (Å²) in [6.45, 7) is -0.364. The molecule has 0 aliphatic rings. The van der Waals surface area contributed by atoms with Gasteiger partial charge in [0, 0.05) is 10.6 Å². The number of aliphatic hydroxyl groups excluding tert-OH is 1. The van der Waals surface area contributed by atoms with Crippen LogP contribution in [0.3, 0.4) is 0 Å². The first kappa shape index (κ1) is 19.6. The average Bonchev–Trinajstić information content (AvgIpc) is 2.57. The Labute approximate surface area is 160 Å². The van der Waals surface area contributed by atoms with E-state index in [2.05, 4.69) is 10.3 Å². The Hall–Kier alpha value is -1.69. The molecule has 1 aromatic carbocycles. The highest BCUT2D eigenvalue weighted by molar-refractivity contribution is 14.1. The number of carbonyl (C=O) groups is 1. The number of benzene rings is 1. The van der Waals surface area contributed by atoms with Crippen LogP contribution in [0.4, 0.5) is 15.9 Å². The lowest BCUT2D eigenvalue weighted by Crippen LogP contribution is -2.30. The average molecular weight is 482 g/mol. The normalized spacial score (nSPS) is 10.6. The number of halogens is 3. The first-order chi connectivity index (χ1) is 11.8. The van der Waals surface area contributed by atoms with E-state index in [1.54, 1.807) is 6.07 Å². The molecule has 1 amide bonds. The second-order valence-corrected chi connectivity index (χ2v) is 6.50. The number of hydrogen-bond donors (Lipinski definition) is 3. The lowest BCUT2D eigenvalue weighted by molar-refractivity contribution is -0.114. The van der Waals surface area contributed by atoms with Crippen molar-refractivity contribution in [3.05, 3.63) is 54.6 Å². The Morgan fingerprint density at radius 3 is 2.84 bits per heavy atom. The van der Waals surface area contributed by atoms with Gasteiger partial charge in [-0.3, -0.25) is 14.4 Å². The van der Waals surface area contributed by atoms with E-state index in [1.807, 2.05) is 22.6 Å². The van der Waals surface area contributed by atoms with Crippen LogP contribution >= 0.6 is 34.2 Å². The van der Waals surface area contributed by atoms with E-state index in [1.165, 1.54) is 19.2 Å². The molecule has 0 aliphatic carbocycles. The largest absolute Gasteiger partial charge is 0.394 e. The van der Waals surface area contributed by atoms with E-state index >= 15 is 0 Å². The number of pyridine rings is 1. The maximum Gasteiger partial charge on any atom is 0.280 e. The Bertz CT molecular complexity index is 846. The fourth-order valence-electron chi connectivity index (χ4n) is 1.90. The number of aromatic nitrogens is 1. The molecule has 0 saturated carbocycles. The highest BCUT2D eigenvalue weighted by atomic mass is 127. The number of hydroxylamine groups is 2. The van der Waals surface area contributed by atoms with Crippen molar-refractivity contribution >= 4 is 51.6 Å². The van der Waals surface area contributed by atoms with Crippen LogP contribution < -0.4 is 10.9 Å². The number of H-pyrrole nitrogens is 1. The highest BCUT2D eigenvalue weighted by Crippen LogP contribution is 2.24. The number of anilines is 2. The summed E-state index contributed by atoms with van der Waals surface area (Å²) in [7, 11) is 1.34. The van der Waals surface area contributed by atoms with Gasteiger partial charge in [-0.2, -0.15) is 0 Å². The molecular weight excluding hydrogens is 468 g/mol. The molecule has 1 heterocycles. The van der Waals surface area contributed by atoms with Crippen molar-refractivity contribution in [3.63, 3.8) is 0 Å². The molecule has 0 spiro atoms. The van der Waals surface area contributed by atoms with Gasteiger partial charge in [-0.15, -0.1) is 0 Å². The van der Waals surface area contributed by atoms with Crippen molar-refractivity contribution in [2.24, 2.45) is 0 Å². The molecule has 2 aromatic rings. The molecule has 0 atom stereocenters. The molecule has 0 unspecified atom stereocenters. The van der Waals surface area contributed by atoms with Crippen molar-refractivity contribution in [1.82, 2.24) is 10.0 Å². The van der Waals surface area contributed by atoms with Crippen LogP contribution in [0, 0.1) is 9.39 Å². The van der Waals surface area contributed by atoms with Gasteiger partial charge in [0.05, 0.1) is 24.5 Å². The molecule has 0 saturated heterocycles.